The fourth-order valence-corrected chi connectivity index (χ4v) is 5.00. The lowest BCUT2D eigenvalue weighted by Gasteiger charge is -2.08. The van der Waals surface area contributed by atoms with Gasteiger partial charge in [0, 0.05) is 0 Å². The Morgan fingerprint density at radius 3 is 2.03 bits per heavy atom. The van der Waals surface area contributed by atoms with Crippen LogP contribution < -0.4 is 5.56 Å². The van der Waals surface area contributed by atoms with Crippen LogP contribution in [0.3, 0.4) is 0 Å². The summed E-state index contributed by atoms with van der Waals surface area (Å²) in [6.07, 6.45) is 13.8. The molecule has 0 atom stereocenters. The first kappa shape index (κ1) is 24.1. The summed E-state index contributed by atoms with van der Waals surface area (Å²) in [5.74, 6) is 0. The molecule has 0 aliphatic rings. The summed E-state index contributed by atoms with van der Waals surface area (Å²) < 4.78 is 26.3. The zero-order chi connectivity index (χ0) is 22.8. The lowest BCUT2D eigenvalue weighted by molar-refractivity contribution is 0.556. The highest BCUT2D eigenvalue weighted by molar-refractivity contribution is 7.89. The van der Waals surface area contributed by atoms with Gasteiger partial charge in [0.1, 0.15) is 5.52 Å². The summed E-state index contributed by atoms with van der Waals surface area (Å²) in [4.78, 5) is 12.6. The number of aromatic nitrogens is 3. The van der Waals surface area contributed by atoms with Crippen LogP contribution in [0, 0.1) is 0 Å². The van der Waals surface area contributed by atoms with Gasteiger partial charge in [-0.1, -0.05) is 93.1 Å². The van der Waals surface area contributed by atoms with Gasteiger partial charge >= 0.3 is 0 Å². The van der Waals surface area contributed by atoms with Crippen molar-refractivity contribution in [2.45, 2.75) is 82.4 Å². The first-order valence-electron chi connectivity index (χ1n) is 11.7. The highest BCUT2D eigenvalue weighted by Crippen LogP contribution is 2.16. The predicted octanol–water partition coefficient (Wildman–Crippen LogP) is 5.49. The summed E-state index contributed by atoms with van der Waals surface area (Å²) in [5.41, 5.74) is 0.779. The minimum absolute atomic E-state index is 0.0380. The fourth-order valence-electron chi connectivity index (χ4n) is 3.88. The van der Waals surface area contributed by atoms with Gasteiger partial charge in [0.2, 0.25) is 0 Å². The summed E-state index contributed by atoms with van der Waals surface area (Å²) in [7, 11) is -4.09. The molecule has 0 N–H and O–H groups in total. The zero-order valence-electron chi connectivity index (χ0n) is 18.9. The van der Waals surface area contributed by atoms with Gasteiger partial charge in [0.15, 0.2) is 0 Å². The molecule has 0 saturated heterocycles. The van der Waals surface area contributed by atoms with Crippen molar-refractivity contribution in [3.05, 3.63) is 64.4 Å². The van der Waals surface area contributed by atoms with Crippen LogP contribution >= 0.6 is 0 Å². The first-order valence-corrected chi connectivity index (χ1v) is 13.2. The minimum atomic E-state index is -4.09. The third-order valence-corrected chi connectivity index (χ3v) is 7.37. The molecule has 0 bridgehead atoms. The summed E-state index contributed by atoms with van der Waals surface area (Å²) in [6.45, 7) is 2.24. The second kappa shape index (κ2) is 11.9. The Bertz CT molecular complexity index is 1160. The van der Waals surface area contributed by atoms with Gasteiger partial charge in [-0.15, -0.1) is 5.10 Å². The topological polar surface area (TPSA) is 81.9 Å². The molecule has 0 spiro atoms. The SMILES string of the molecule is CCCCCCCCCCCCc1ccc(S(=O)(=O)n2nnc3ccccc3c2=O)cc1. The standard InChI is InChI=1S/C25H33N3O3S/c1-2-3-4-5-6-7-8-9-10-11-14-21-17-19-22(20-18-21)32(30,31)28-25(29)23-15-12-13-16-24(23)26-27-28/h12-13,15-20H,2-11,14H2,1H3. The maximum atomic E-state index is 12.9. The van der Waals surface area contributed by atoms with Crippen molar-refractivity contribution in [3.8, 4) is 0 Å². The summed E-state index contributed by atoms with van der Waals surface area (Å²) in [5, 5.41) is 7.75. The van der Waals surface area contributed by atoms with Crippen molar-refractivity contribution < 1.29 is 8.42 Å². The molecule has 32 heavy (non-hydrogen) atoms. The Kier molecular flexibility index (Phi) is 8.97. The maximum absolute atomic E-state index is 12.9. The monoisotopic (exact) mass is 455 g/mol. The predicted molar refractivity (Wildman–Crippen MR) is 128 cm³/mol. The number of hydrogen-bond donors (Lipinski definition) is 0. The highest BCUT2D eigenvalue weighted by Gasteiger charge is 2.21. The van der Waals surface area contributed by atoms with Gasteiger partial charge in [0.25, 0.3) is 15.6 Å². The second-order valence-electron chi connectivity index (χ2n) is 8.34. The molecule has 6 nitrogen and oxygen atoms in total. The molecule has 0 saturated carbocycles. The molecule has 2 aromatic carbocycles. The van der Waals surface area contributed by atoms with Crippen LogP contribution in [-0.2, 0) is 16.4 Å². The van der Waals surface area contributed by atoms with Crippen molar-refractivity contribution in [1.29, 1.82) is 0 Å². The van der Waals surface area contributed by atoms with Crippen LogP contribution in [0.15, 0.2) is 58.2 Å². The van der Waals surface area contributed by atoms with Crippen LogP contribution in [0.2, 0.25) is 0 Å². The van der Waals surface area contributed by atoms with Crippen LogP contribution in [0.4, 0.5) is 0 Å². The molecule has 172 valence electrons. The summed E-state index contributed by atoms with van der Waals surface area (Å²) >= 11 is 0. The van der Waals surface area contributed by atoms with Gasteiger partial charge in [0.05, 0.1) is 10.3 Å². The normalized spacial score (nSPS) is 11.8. The molecule has 0 amide bonds. The van der Waals surface area contributed by atoms with E-state index in [1.807, 2.05) is 12.1 Å². The van der Waals surface area contributed by atoms with Crippen molar-refractivity contribution in [2.24, 2.45) is 0 Å². The van der Waals surface area contributed by atoms with Gasteiger partial charge < -0.3 is 0 Å². The van der Waals surface area contributed by atoms with E-state index in [0.29, 0.717) is 9.60 Å². The van der Waals surface area contributed by atoms with Crippen molar-refractivity contribution in [3.63, 3.8) is 0 Å². The van der Waals surface area contributed by atoms with Crippen LogP contribution in [0.5, 0.6) is 0 Å². The average Bonchev–Trinajstić information content (AvgIpc) is 2.81. The lowest BCUT2D eigenvalue weighted by atomic mass is 10.0. The molecule has 7 heteroatoms. The van der Waals surface area contributed by atoms with E-state index in [9.17, 15) is 13.2 Å². The Morgan fingerprint density at radius 2 is 1.38 bits per heavy atom. The molecular formula is C25H33N3O3S. The summed E-state index contributed by atoms with van der Waals surface area (Å²) in [6, 6.07) is 13.3. The Labute approximate surface area is 190 Å². The molecule has 3 aromatic rings. The van der Waals surface area contributed by atoms with E-state index in [4.69, 9.17) is 0 Å². The fraction of sp³-hybridized carbons (Fsp3) is 0.480. The number of unbranched alkanes of at least 4 members (excludes halogenated alkanes) is 9. The van der Waals surface area contributed by atoms with Crippen molar-refractivity contribution in [1.82, 2.24) is 14.4 Å². The van der Waals surface area contributed by atoms with Gasteiger partial charge in [-0.25, -0.2) is 0 Å². The molecule has 1 heterocycles. The van der Waals surface area contributed by atoms with E-state index in [0.717, 1.165) is 18.4 Å². The molecule has 3 rings (SSSR count). The van der Waals surface area contributed by atoms with Gasteiger partial charge in [-0.3, -0.25) is 4.79 Å². The number of hydrogen-bond acceptors (Lipinski definition) is 5. The number of aryl methyl sites for hydroxylation is 1. The van der Waals surface area contributed by atoms with E-state index in [2.05, 4.69) is 17.2 Å². The number of rotatable bonds is 13. The van der Waals surface area contributed by atoms with Gasteiger partial charge in [-0.2, -0.15) is 8.42 Å². The van der Waals surface area contributed by atoms with E-state index in [1.165, 1.54) is 57.8 Å². The van der Waals surface area contributed by atoms with E-state index >= 15 is 0 Å². The number of benzene rings is 2. The first-order chi connectivity index (χ1) is 15.5. The van der Waals surface area contributed by atoms with Crippen LogP contribution in [0.1, 0.15) is 76.7 Å². The highest BCUT2D eigenvalue weighted by atomic mass is 32.2. The number of fused-ring (bicyclic) bond motifs is 1. The molecule has 0 aliphatic heterocycles. The zero-order valence-corrected chi connectivity index (χ0v) is 19.7. The largest absolute Gasteiger partial charge is 0.292 e. The van der Waals surface area contributed by atoms with Gasteiger partial charge in [-0.05, 0) is 47.9 Å². The Balaban J connectivity index is 1.51. The molecule has 0 aliphatic carbocycles. The second-order valence-corrected chi connectivity index (χ2v) is 10.1. The van der Waals surface area contributed by atoms with Crippen LogP contribution in [-0.4, -0.2) is 22.8 Å². The molecular weight excluding hydrogens is 422 g/mol. The molecule has 0 radical (unpaired) electrons. The average molecular weight is 456 g/mol. The van der Waals surface area contributed by atoms with E-state index in [1.54, 1.807) is 36.4 Å². The lowest BCUT2D eigenvalue weighted by Crippen LogP contribution is -2.30. The quantitative estimate of drug-likeness (QED) is 0.318. The smallest absolute Gasteiger partial charge is 0.266 e. The maximum Gasteiger partial charge on any atom is 0.292 e. The van der Waals surface area contributed by atoms with Crippen molar-refractivity contribution in [2.75, 3.05) is 0 Å². The number of nitrogens with zero attached hydrogens (tertiary/aromatic N) is 3. The minimum Gasteiger partial charge on any atom is -0.266 e. The third kappa shape index (κ3) is 6.25. The van der Waals surface area contributed by atoms with E-state index < -0.39 is 15.6 Å². The third-order valence-electron chi connectivity index (χ3n) is 5.81. The molecule has 1 aromatic heterocycles. The molecule has 0 fully saturated rings. The Hall–Kier alpha value is -2.54. The molecule has 0 unspecified atom stereocenters. The van der Waals surface area contributed by atoms with E-state index in [-0.39, 0.29) is 10.3 Å². The van der Waals surface area contributed by atoms with Crippen molar-refractivity contribution >= 4 is 20.9 Å². The van der Waals surface area contributed by atoms with Crippen LogP contribution in [0.25, 0.3) is 10.9 Å². The Morgan fingerprint density at radius 1 is 0.781 bits per heavy atom.